The van der Waals surface area contributed by atoms with E-state index in [2.05, 4.69) is 10.6 Å². The zero-order valence-corrected chi connectivity index (χ0v) is 10.3. The van der Waals surface area contributed by atoms with Crippen LogP contribution in [0.3, 0.4) is 0 Å². The Balaban J connectivity index is 4.32. The maximum absolute atomic E-state index is 11.4. The molecule has 104 valence electrons. The Morgan fingerprint density at radius 3 is 2.22 bits per heavy atom. The first kappa shape index (κ1) is 16.2. The second-order valence-electron chi connectivity index (χ2n) is 3.67. The fourth-order valence-electron chi connectivity index (χ4n) is 1.22. The third-order valence-electron chi connectivity index (χ3n) is 2.18. The predicted molar refractivity (Wildman–Crippen MR) is 61.3 cm³/mol. The van der Waals surface area contributed by atoms with Gasteiger partial charge in [0.05, 0.1) is 19.1 Å². The highest BCUT2D eigenvalue weighted by atomic mass is 16.5. The van der Waals surface area contributed by atoms with Crippen LogP contribution in [-0.2, 0) is 14.3 Å². The molecule has 0 aliphatic rings. The summed E-state index contributed by atoms with van der Waals surface area (Å²) in [4.78, 5) is 32.6. The van der Waals surface area contributed by atoms with Crippen molar-refractivity contribution in [1.82, 2.24) is 10.6 Å². The van der Waals surface area contributed by atoms with E-state index in [-0.39, 0.29) is 6.04 Å². The van der Waals surface area contributed by atoms with E-state index >= 15 is 0 Å². The number of carbonyl (C=O) groups excluding carboxylic acids is 1. The average molecular weight is 262 g/mol. The summed E-state index contributed by atoms with van der Waals surface area (Å²) in [6.45, 7) is 2.12. The number of carboxylic acid groups (broad SMARTS) is 2. The zero-order chi connectivity index (χ0) is 14.1. The van der Waals surface area contributed by atoms with Crippen molar-refractivity contribution in [1.29, 1.82) is 0 Å². The summed E-state index contributed by atoms with van der Waals surface area (Å²) in [7, 11) is 1.48. The SMILES string of the molecule is CCC(COC)NC(=O)N[C@@H](CC(=O)O)C(=O)O. The molecule has 4 N–H and O–H groups in total. The van der Waals surface area contributed by atoms with Gasteiger partial charge >= 0.3 is 18.0 Å². The van der Waals surface area contributed by atoms with Crippen LogP contribution in [0.25, 0.3) is 0 Å². The van der Waals surface area contributed by atoms with Crippen molar-refractivity contribution in [2.75, 3.05) is 13.7 Å². The zero-order valence-electron chi connectivity index (χ0n) is 10.3. The topological polar surface area (TPSA) is 125 Å². The Morgan fingerprint density at radius 2 is 1.83 bits per heavy atom. The van der Waals surface area contributed by atoms with Crippen LogP contribution < -0.4 is 10.6 Å². The summed E-state index contributed by atoms with van der Waals surface area (Å²) < 4.78 is 4.86. The van der Waals surface area contributed by atoms with Gasteiger partial charge in [0.15, 0.2) is 0 Å². The number of carboxylic acids is 2. The van der Waals surface area contributed by atoms with Crippen LogP contribution in [0.1, 0.15) is 19.8 Å². The van der Waals surface area contributed by atoms with Crippen molar-refractivity contribution in [2.45, 2.75) is 31.8 Å². The van der Waals surface area contributed by atoms with Gasteiger partial charge in [-0.15, -0.1) is 0 Å². The maximum Gasteiger partial charge on any atom is 0.326 e. The average Bonchev–Trinajstić information content (AvgIpc) is 2.26. The van der Waals surface area contributed by atoms with E-state index < -0.39 is 30.4 Å². The van der Waals surface area contributed by atoms with Gasteiger partial charge < -0.3 is 25.6 Å². The number of hydrogen-bond acceptors (Lipinski definition) is 4. The molecule has 2 atom stereocenters. The van der Waals surface area contributed by atoms with Gasteiger partial charge in [-0.3, -0.25) is 4.79 Å². The lowest BCUT2D eigenvalue weighted by Crippen LogP contribution is -2.50. The predicted octanol–water partition coefficient (Wildman–Crippen LogP) is -0.361. The number of rotatable bonds is 8. The lowest BCUT2D eigenvalue weighted by Gasteiger charge is -2.18. The van der Waals surface area contributed by atoms with E-state index in [0.29, 0.717) is 13.0 Å². The van der Waals surface area contributed by atoms with Crippen molar-refractivity contribution in [3.05, 3.63) is 0 Å². The van der Waals surface area contributed by atoms with Crippen molar-refractivity contribution in [2.24, 2.45) is 0 Å². The number of amides is 2. The van der Waals surface area contributed by atoms with E-state index in [1.807, 2.05) is 6.92 Å². The molecule has 0 aromatic rings. The van der Waals surface area contributed by atoms with Crippen LogP contribution in [0.15, 0.2) is 0 Å². The van der Waals surface area contributed by atoms with Gasteiger partial charge in [-0.2, -0.15) is 0 Å². The molecule has 0 saturated heterocycles. The molecule has 0 aromatic heterocycles. The molecule has 0 rings (SSSR count). The first-order valence-corrected chi connectivity index (χ1v) is 5.41. The minimum atomic E-state index is -1.46. The molecule has 0 aliphatic carbocycles. The van der Waals surface area contributed by atoms with Gasteiger partial charge in [-0.25, -0.2) is 9.59 Å². The summed E-state index contributed by atoms with van der Waals surface area (Å²) in [5.41, 5.74) is 0. The van der Waals surface area contributed by atoms with Gasteiger partial charge in [-0.1, -0.05) is 6.92 Å². The second kappa shape index (κ2) is 8.29. The number of carbonyl (C=O) groups is 3. The second-order valence-corrected chi connectivity index (χ2v) is 3.67. The summed E-state index contributed by atoms with van der Waals surface area (Å²) in [6.07, 6.45) is -0.0677. The van der Waals surface area contributed by atoms with Gasteiger partial charge in [0.1, 0.15) is 6.04 Å². The van der Waals surface area contributed by atoms with Crippen LogP contribution in [0.2, 0.25) is 0 Å². The maximum atomic E-state index is 11.4. The highest BCUT2D eigenvalue weighted by Gasteiger charge is 2.23. The summed E-state index contributed by atoms with van der Waals surface area (Å²) in [6, 6.07) is -2.44. The van der Waals surface area contributed by atoms with Crippen LogP contribution in [0.4, 0.5) is 4.79 Å². The van der Waals surface area contributed by atoms with E-state index in [9.17, 15) is 14.4 Å². The van der Waals surface area contributed by atoms with Crippen molar-refractivity contribution >= 4 is 18.0 Å². The van der Waals surface area contributed by atoms with Crippen LogP contribution in [0.5, 0.6) is 0 Å². The minimum absolute atomic E-state index is 0.255. The highest BCUT2D eigenvalue weighted by molar-refractivity contribution is 5.86. The summed E-state index contributed by atoms with van der Waals surface area (Å²) in [5.74, 6) is -2.70. The molecule has 0 heterocycles. The van der Waals surface area contributed by atoms with E-state index in [4.69, 9.17) is 14.9 Å². The first-order chi connectivity index (χ1) is 8.40. The number of hydrogen-bond donors (Lipinski definition) is 4. The minimum Gasteiger partial charge on any atom is -0.481 e. The standard InChI is InChI=1S/C10H18N2O6/c1-3-6(5-18-2)11-10(17)12-7(9(15)16)4-8(13)14/h6-7H,3-5H2,1-2H3,(H,13,14)(H,15,16)(H2,11,12,17)/t6?,7-/m0/s1. The molecule has 1 unspecified atom stereocenters. The van der Waals surface area contributed by atoms with Gasteiger partial charge in [-0.05, 0) is 6.42 Å². The first-order valence-electron chi connectivity index (χ1n) is 5.41. The molecular formula is C10H18N2O6. The quantitative estimate of drug-likeness (QED) is 0.473. The van der Waals surface area contributed by atoms with E-state index in [0.717, 1.165) is 0 Å². The molecule has 0 spiro atoms. The Kier molecular flexibility index (Phi) is 7.45. The Hall–Kier alpha value is -1.83. The highest BCUT2D eigenvalue weighted by Crippen LogP contribution is 1.95. The van der Waals surface area contributed by atoms with Crippen molar-refractivity contribution < 1.29 is 29.3 Å². The molecule has 2 amide bonds. The van der Waals surface area contributed by atoms with Crippen molar-refractivity contribution in [3.8, 4) is 0 Å². The smallest absolute Gasteiger partial charge is 0.326 e. The Labute approximate surface area is 104 Å². The van der Waals surface area contributed by atoms with Gasteiger partial charge in [0.25, 0.3) is 0 Å². The number of nitrogens with one attached hydrogen (secondary N) is 2. The molecule has 0 saturated carbocycles. The molecule has 8 nitrogen and oxygen atoms in total. The van der Waals surface area contributed by atoms with Crippen LogP contribution in [-0.4, -0.2) is 54.0 Å². The molecule has 8 heteroatoms. The number of aliphatic carboxylic acids is 2. The summed E-state index contributed by atoms with van der Waals surface area (Å²) in [5, 5.41) is 21.8. The number of methoxy groups -OCH3 is 1. The fourth-order valence-corrected chi connectivity index (χ4v) is 1.22. The van der Waals surface area contributed by atoms with Crippen LogP contribution in [0, 0.1) is 0 Å². The fraction of sp³-hybridized carbons (Fsp3) is 0.700. The van der Waals surface area contributed by atoms with Crippen LogP contribution >= 0.6 is 0 Å². The van der Waals surface area contributed by atoms with Crippen molar-refractivity contribution in [3.63, 3.8) is 0 Å². The van der Waals surface area contributed by atoms with Gasteiger partial charge in [0, 0.05) is 7.11 Å². The van der Waals surface area contributed by atoms with Gasteiger partial charge in [0.2, 0.25) is 0 Å². The normalized spacial score (nSPS) is 13.4. The lowest BCUT2D eigenvalue weighted by molar-refractivity contribution is -0.145. The largest absolute Gasteiger partial charge is 0.481 e. The summed E-state index contributed by atoms with van der Waals surface area (Å²) >= 11 is 0. The molecule has 0 aliphatic heterocycles. The number of urea groups is 1. The number of ether oxygens (including phenoxy) is 1. The third-order valence-corrected chi connectivity index (χ3v) is 2.18. The Morgan fingerprint density at radius 1 is 1.22 bits per heavy atom. The molecule has 0 aromatic carbocycles. The molecule has 0 bridgehead atoms. The van der Waals surface area contributed by atoms with E-state index in [1.165, 1.54) is 7.11 Å². The lowest BCUT2D eigenvalue weighted by atomic mass is 10.2. The third kappa shape index (κ3) is 6.69. The molecule has 18 heavy (non-hydrogen) atoms. The molecule has 0 fully saturated rings. The Bertz CT molecular complexity index is 307. The molecule has 0 radical (unpaired) electrons. The molecular weight excluding hydrogens is 244 g/mol. The monoisotopic (exact) mass is 262 g/mol. The van der Waals surface area contributed by atoms with E-state index in [1.54, 1.807) is 0 Å².